The van der Waals surface area contributed by atoms with Crippen LogP contribution in [0.25, 0.3) is 0 Å². The second-order valence-corrected chi connectivity index (χ2v) is 4.53. The van der Waals surface area contributed by atoms with E-state index in [4.69, 9.17) is 0 Å². The molecular formula is C9H13F3O. The molecule has 4 atom stereocenters. The molecule has 13 heavy (non-hydrogen) atoms. The van der Waals surface area contributed by atoms with Crippen LogP contribution < -0.4 is 0 Å². The summed E-state index contributed by atoms with van der Waals surface area (Å²) in [6.45, 7) is 1.97. The van der Waals surface area contributed by atoms with E-state index >= 15 is 0 Å². The molecule has 0 heterocycles. The van der Waals surface area contributed by atoms with E-state index in [0.717, 1.165) is 0 Å². The van der Waals surface area contributed by atoms with Crippen LogP contribution in [-0.2, 0) is 0 Å². The van der Waals surface area contributed by atoms with Crippen molar-refractivity contribution < 1.29 is 18.3 Å². The third kappa shape index (κ3) is 1.11. The van der Waals surface area contributed by atoms with Gasteiger partial charge < -0.3 is 5.11 Å². The van der Waals surface area contributed by atoms with Gasteiger partial charge in [0.15, 0.2) is 5.60 Å². The number of aliphatic hydroxyl groups is 1. The van der Waals surface area contributed by atoms with Crippen LogP contribution in [0, 0.1) is 17.8 Å². The third-order valence-corrected chi connectivity index (χ3v) is 3.79. The molecular weight excluding hydrogens is 181 g/mol. The molecule has 1 nitrogen and oxygen atoms in total. The summed E-state index contributed by atoms with van der Waals surface area (Å²) in [5.74, 6) is -0.114. The second kappa shape index (κ2) is 2.41. The Morgan fingerprint density at radius 1 is 1.31 bits per heavy atom. The van der Waals surface area contributed by atoms with Crippen molar-refractivity contribution in [2.75, 3.05) is 0 Å². The molecule has 4 unspecified atom stereocenters. The molecule has 0 radical (unpaired) electrons. The van der Waals surface area contributed by atoms with E-state index in [2.05, 4.69) is 0 Å². The van der Waals surface area contributed by atoms with E-state index < -0.39 is 17.7 Å². The number of fused-ring (bicyclic) bond motifs is 2. The normalized spacial score (nSPS) is 50.1. The number of hydrogen-bond donors (Lipinski definition) is 1. The van der Waals surface area contributed by atoms with E-state index in [1.165, 1.54) is 0 Å². The number of halogens is 3. The Morgan fingerprint density at radius 3 is 2.23 bits per heavy atom. The van der Waals surface area contributed by atoms with Gasteiger partial charge in [-0.2, -0.15) is 13.2 Å². The first-order valence-electron chi connectivity index (χ1n) is 4.63. The summed E-state index contributed by atoms with van der Waals surface area (Å²) in [5.41, 5.74) is -2.37. The molecule has 2 bridgehead atoms. The van der Waals surface area contributed by atoms with Crippen LogP contribution in [0.5, 0.6) is 0 Å². The van der Waals surface area contributed by atoms with Crippen LogP contribution in [0.2, 0.25) is 0 Å². The quantitative estimate of drug-likeness (QED) is 0.627. The van der Waals surface area contributed by atoms with Crippen LogP contribution in [-0.4, -0.2) is 16.9 Å². The summed E-state index contributed by atoms with van der Waals surface area (Å²) in [4.78, 5) is 0. The van der Waals surface area contributed by atoms with Crippen LogP contribution in [0.4, 0.5) is 13.2 Å². The maximum Gasteiger partial charge on any atom is 0.417 e. The molecule has 2 fully saturated rings. The molecule has 0 aromatic rings. The second-order valence-electron chi connectivity index (χ2n) is 4.53. The van der Waals surface area contributed by atoms with Crippen LogP contribution >= 0.6 is 0 Å². The lowest BCUT2D eigenvalue weighted by Crippen LogP contribution is -2.50. The minimum absolute atomic E-state index is 0.0802. The molecule has 0 aliphatic heterocycles. The van der Waals surface area contributed by atoms with Gasteiger partial charge in [0.2, 0.25) is 0 Å². The van der Waals surface area contributed by atoms with Gasteiger partial charge in [0.1, 0.15) is 0 Å². The highest BCUT2D eigenvalue weighted by atomic mass is 19.4. The van der Waals surface area contributed by atoms with E-state index in [1.807, 2.05) is 6.92 Å². The third-order valence-electron chi connectivity index (χ3n) is 3.79. The molecule has 0 amide bonds. The summed E-state index contributed by atoms with van der Waals surface area (Å²) >= 11 is 0. The van der Waals surface area contributed by atoms with Crippen molar-refractivity contribution >= 4 is 0 Å². The minimum atomic E-state index is -4.44. The van der Waals surface area contributed by atoms with Gasteiger partial charge in [-0.15, -0.1) is 0 Å². The lowest BCUT2D eigenvalue weighted by molar-refractivity contribution is -0.278. The van der Waals surface area contributed by atoms with E-state index in [1.54, 1.807) is 0 Å². The highest BCUT2D eigenvalue weighted by molar-refractivity contribution is 5.06. The van der Waals surface area contributed by atoms with E-state index in [-0.39, 0.29) is 12.3 Å². The van der Waals surface area contributed by atoms with Crippen LogP contribution in [0.1, 0.15) is 26.2 Å². The van der Waals surface area contributed by atoms with Gasteiger partial charge in [-0.05, 0) is 37.0 Å². The maximum absolute atomic E-state index is 12.5. The van der Waals surface area contributed by atoms with Crippen molar-refractivity contribution in [3.63, 3.8) is 0 Å². The Bertz CT molecular complexity index is 223. The van der Waals surface area contributed by atoms with Gasteiger partial charge in [-0.3, -0.25) is 0 Å². The first-order chi connectivity index (χ1) is 5.84. The molecule has 0 aromatic carbocycles. The Labute approximate surface area is 74.9 Å². The topological polar surface area (TPSA) is 20.2 Å². The van der Waals surface area contributed by atoms with Gasteiger partial charge in [0, 0.05) is 0 Å². The highest BCUT2D eigenvalue weighted by Crippen LogP contribution is 2.58. The largest absolute Gasteiger partial charge is 0.417 e. The van der Waals surface area contributed by atoms with Crippen molar-refractivity contribution in [1.29, 1.82) is 0 Å². The Hall–Kier alpha value is -0.250. The van der Waals surface area contributed by atoms with Gasteiger partial charge >= 0.3 is 6.18 Å². The molecule has 0 saturated heterocycles. The van der Waals surface area contributed by atoms with Gasteiger partial charge in [-0.25, -0.2) is 0 Å². The predicted octanol–water partition coefficient (Wildman–Crippen LogP) is 2.35. The Balaban J connectivity index is 2.22. The van der Waals surface area contributed by atoms with Crippen LogP contribution in [0.15, 0.2) is 0 Å². The molecule has 2 saturated carbocycles. The van der Waals surface area contributed by atoms with E-state index in [9.17, 15) is 18.3 Å². The molecule has 4 heteroatoms. The van der Waals surface area contributed by atoms with Crippen molar-refractivity contribution in [1.82, 2.24) is 0 Å². The fourth-order valence-corrected chi connectivity index (χ4v) is 2.92. The monoisotopic (exact) mass is 194 g/mol. The first kappa shape index (κ1) is 9.31. The van der Waals surface area contributed by atoms with Gasteiger partial charge in [0.25, 0.3) is 0 Å². The van der Waals surface area contributed by atoms with Gasteiger partial charge in [-0.1, -0.05) is 6.92 Å². The standard InChI is InChI=1S/C9H13F3O/c1-5-2-7-3-6(5)4-8(7,13)9(10,11)12/h5-7,13H,2-4H2,1H3. The SMILES string of the molecule is CC1CC2CC1CC2(O)C(F)(F)F. The lowest BCUT2D eigenvalue weighted by Gasteiger charge is -2.36. The molecule has 76 valence electrons. The summed E-state index contributed by atoms with van der Waals surface area (Å²) in [6, 6.07) is 0. The zero-order chi connectivity index (χ0) is 9.85. The van der Waals surface area contributed by atoms with Crippen molar-refractivity contribution in [3.8, 4) is 0 Å². The zero-order valence-corrected chi connectivity index (χ0v) is 7.43. The maximum atomic E-state index is 12.5. The summed E-state index contributed by atoms with van der Waals surface area (Å²) < 4.78 is 37.4. The Kier molecular flexibility index (Phi) is 1.72. The average Bonchev–Trinajstić information content (AvgIpc) is 2.42. The van der Waals surface area contributed by atoms with Crippen molar-refractivity contribution in [2.24, 2.45) is 17.8 Å². The fourth-order valence-electron chi connectivity index (χ4n) is 2.92. The molecule has 1 N–H and O–H groups in total. The molecule has 2 aliphatic carbocycles. The number of rotatable bonds is 0. The molecule has 2 rings (SSSR count). The average molecular weight is 194 g/mol. The summed E-state index contributed by atoms with van der Waals surface area (Å²) in [7, 11) is 0. The fraction of sp³-hybridized carbons (Fsp3) is 1.00. The van der Waals surface area contributed by atoms with Crippen molar-refractivity contribution in [3.05, 3.63) is 0 Å². The molecule has 2 aliphatic rings. The Morgan fingerprint density at radius 2 is 1.92 bits per heavy atom. The molecule has 0 aromatic heterocycles. The lowest BCUT2D eigenvalue weighted by atomic mass is 9.79. The minimum Gasteiger partial charge on any atom is -0.380 e. The van der Waals surface area contributed by atoms with Crippen molar-refractivity contribution in [2.45, 2.75) is 38.0 Å². The van der Waals surface area contributed by atoms with Crippen LogP contribution in [0.3, 0.4) is 0 Å². The predicted molar refractivity (Wildman–Crippen MR) is 41.0 cm³/mol. The molecule has 0 spiro atoms. The summed E-state index contributed by atoms with van der Waals surface area (Å²) in [6.07, 6.45) is -3.44. The van der Waals surface area contributed by atoms with E-state index in [0.29, 0.717) is 18.8 Å². The first-order valence-corrected chi connectivity index (χ1v) is 4.63. The summed E-state index contributed by atoms with van der Waals surface area (Å²) in [5, 5.41) is 9.51. The smallest absolute Gasteiger partial charge is 0.380 e. The highest BCUT2D eigenvalue weighted by Gasteiger charge is 2.65. The number of alkyl halides is 3. The zero-order valence-electron chi connectivity index (χ0n) is 7.43. The number of hydrogen-bond acceptors (Lipinski definition) is 1. The van der Waals surface area contributed by atoms with Gasteiger partial charge in [0.05, 0.1) is 0 Å².